The lowest BCUT2D eigenvalue weighted by molar-refractivity contribution is -0.127. The first-order valence-electron chi connectivity index (χ1n) is 14.1. The zero-order valence-corrected chi connectivity index (χ0v) is 24.5. The third-order valence-electron chi connectivity index (χ3n) is 8.13. The molecule has 2 aromatic rings. The summed E-state index contributed by atoms with van der Waals surface area (Å²) < 4.78 is 52.5. The average molecular weight is 576 g/mol. The highest BCUT2D eigenvalue weighted by Gasteiger charge is 2.34. The number of benzene rings is 2. The second-order valence-electron chi connectivity index (χ2n) is 11.1. The molecule has 1 saturated heterocycles. The number of carbonyl (C=O) groups is 1. The molecule has 8 nitrogen and oxygen atoms in total. The molecule has 2 unspecified atom stereocenters. The van der Waals surface area contributed by atoms with Crippen LogP contribution in [-0.2, 0) is 19.6 Å². The van der Waals surface area contributed by atoms with Crippen LogP contribution in [0.5, 0.6) is 5.75 Å². The third kappa shape index (κ3) is 7.60. The Bertz CT molecular complexity index is 1200. The number of ether oxygens (including phenoxy) is 2. The predicted molar refractivity (Wildman–Crippen MR) is 152 cm³/mol. The van der Waals surface area contributed by atoms with Gasteiger partial charge in [0.05, 0.1) is 18.6 Å². The molecule has 1 aliphatic carbocycles. The molecule has 10 heteroatoms. The Morgan fingerprint density at radius 3 is 2.33 bits per heavy atom. The van der Waals surface area contributed by atoms with E-state index in [2.05, 4.69) is 24.3 Å². The van der Waals surface area contributed by atoms with Gasteiger partial charge in [-0.25, -0.2) is 12.8 Å². The van der Waals surface area contributed by atoms with Crippen molar-refractivity contribution in [1.82, 2.24) is 14.5 Å². The van der Waals surface area contributed by atoms with Crippen LogP contribution in [0.15, 0.2) is 53.4 Å². The van der Waals surface area contributed by atoms with Crippen molar-refractivity contribution in [2.75, 3.05) is 41.0 Å². The van der Waals surface area contributed by atoms with E-state index < -0.39 is 10.0 Å². The van der Waals surface area contributed by atoms with Gasteiger partial charge >= 0.3 is 0 Å². The van der Waals surface area contributed by atoms with Crippen LogP contribution >= 0.6 is 0 Å². The number of nitrogens with zero attached hydrogens (tertiary/aromatic N) is 2. The summed E-state index contributed by atoms with van der Waals surface area (Å²) in [5.41, 5.74) is 1.11. The molecule has 0 radical (unpaired) electrons. The maximum absolute atomic E-state index is 13.4. The minimum absolute atomic E-state index is 0.0880. The van der Waals surface area contributed by atoms with E-state index in [1.165, 1.54) is 16.4 Å². The standard InChI is InChI=1S/C30H42FN3O5S/c1-33(2)30(22-7-11-24(31)12-8-22)23-9-13-25(14-10-23)32-29(35)21-39-20-26-6-4-5-19-34(26)40(36,37)28-17-15-27(38-3)16-18-28/h7-8,11-12,15-18,23,25-26,30H,4-6,9-10,13-14,19-21H2,1-3H3,(H,32,35). The molecule has 2 aliphatic rings. The highest BCUT2D eigenvalue weighted by molar-refractivity contribution is 7.89. The van der Waals surface area contributed by atoms with E-state index in [1.54, 1.807) is 31.4 Å². The topological polar surface area (TPSA) is 88.2 Å². The average Bonchev–Trinajstić information content (AvgIpc) is 2.95. The molecular weight excluding hydrogens is 533 g/mol. The summed E-state index contributed by atoms with van der Waals surface area (Å²) >= 11 is 0. The molecule has 1 aliphatic heterocycles. The Hall–Kier alpha value is -2.53. The molecule has 1 saturated carbocycles. The fourth-order valence-corrected chi connectivity index (χ4v) is 7.81. The molecule has 0 spiro atoms. The maximum atomic E-state index is 13.4. The van der Waals surface area contributed by atoms with Crippen LogP contribution in [-0.4, -0.2) is 76.6 Å². The van der Waals surface area contributed by atoms with E-state index in [-0.39, 0.29) is 48.0 Å². The SMILES string of the molecule is COc1ccc(S(=O)(=O)N2CCCCC2COCC(=O)NC2CCC(C(c3ccc(F)cc3)N(C)C)CC2)cc1. The van der Waals surface area contributed by atoms with Gasteiger partial charge in [0.2, 0.25) is 15.9 Å². The van der Waals surface area contributed by atoms with Gasteiger partial charge in [-0.2, -0.15) is 4.31 Å². The Morgan fingerprint density at radius 2 is 1.70 bits per heavy atom. The zero-order valence-electron chi connectivity index (χ0n) is 23.7. The van der Waals surface area contributed by atoms with E-state index in [4.69, 9.17) is 9.47 Å². The van der Waals surface area contributed by atoms with Gasteiger partial charge < -0.3 is 19.7 Å². The van der Waals surface area contributed by atoms with E-state index in [0.717, 1.165) is 44.1 Å². The molecule has 4 rings (SSSR count). The molecule has 0 aromatic heterocycles. The summed E-state index contributed by atoms with van der Waals surface area (Å²) in [6.45, 7) is 0.518. The highest BCUT2D eigenvalue weighted by atomic mass is 32.2. The normalized spacial score (nSPS) is 23.1. The van der Waals surface area contributed by atoms with Crippen molar-refractivity contribution in [3.05, 3.63) is 59.9 Å². The van der Waals surface area contributed by atoms with Gasteiger partial charge in [-0.15, -0.1) is 0 Å². The molecule has 1 heterocycles. The molecule has 1 amide bonds. The number of hydrogen-bond donors (Lipinski definition) is 1. The summed E-state index contributed by atoms with van der Waals surface area (Å²) in [5.74, 6) is 0.619. The second-order valence-corrected chi connectivity index (χ2v) is 13.0. The van der Waals surface area contributed by atoms with Gasteiger partial charge in [0.1, 0.15) is 18.2 Å². The number of nitrogens with one attached hydrogen (secondary N) is 1. The lowest BCUT2D eigenvalue weighted by Crippen LogP contribution is -2.46. The second kappa shape index (κ2) is 13.9. The van der Waals surface area contributed by atoms with Crippen molar-refractivity contribution in [1.29, 1.82) is 0 Å². The van der Waals surface area contributed by atoms with Gasteiger partial charge in [0, 0.05) is 24.7 Å². The summed E-state index contributed by atoms with van der Waals surface area (Å²) in [6.07, 6.45) is 6.09. The van der Waals surface area contributed by atoms with Crippen LogP contribution in [0.1, 0.15) is 56.6 Å². The molecule has 2 aromatic carbocycles. The fourth-order valence-electron chi connectivity index (χ4n) is 6.13. The molecular formula is C30H42FN3O5S. The Kier molecular flexibility index (Phi) is 10.6. The highest BCUT2D eigenvalue weighted by Crippen LogP contribution is 2.37. The maximum Gasteiger partial charge on any atom is 0.246 e. The van der Waals surface area contributed by atoms with Gasteiger partial charge in [-0.1, -0.05) is 18.6 Å². The Morgan fingerprint density at radius 1 is 1.02 bits per heavy atom. The van der Waals surface area contributed by atoms with Crippen molar-refractivity contribution in [2.24, 2.45) is 5.92 Å². The van der Waals surface area contributed by atoms with Gasteiger partial charge in [0.25, 0.3) is 0 Å². The van der Waals surface area contributed by atoms with E-state index >= 15 is 0 Å². The van der Waals surface area contributed by atoms with Crippen molar-refractivity contribution in [2.45, 2.75) is 68.0 Å². The summed E-state index contributed by atoms with van der Waals surface area (Å²) in [4.78, 5) is 15.1. The molecule has 2 atom stereocenters. The summed E-state index contributed by atoms with van der Waals surface area (Å²) in [5, 5.41) is 3.10. The van der Waals surface area contributed by atoms with Crippen LogP contribution in [0.4, 0.5) is 4.39 Å². The largest absolute Gasteiger partial charge is 0.497 e. The quantitative estimate of drug-likeness (QED) is 0.428. The van der Waals surface area contributed by atoms with Crippen molar-refractivity contribution >= 4 is 15.9 Å². The van der Waals surface area contributed by atoms with Crippen LogP contribution in [0, 0.1) is 11.7 Å². The van der Waals surface area contributed by atoms with Crippen molar-refractivity contribution < 1.29 is 27.1 Å². The summed E-state index contributed by atoms with van der Waals surface area (Å²) in [6, 6.07) is 13.1. The molecule has 0 bridgehead atoms. The minimum Gasteiger partial charge on any atom is -0.497 e. The minimum atomic E-state index is -3.68. The number of rotatable bonds is 11. The fraction of sp³-hybridized carbons (Fsp3) is 0.567. The number of sulfonamides is 1. The molecule has 220 valence electrons. The lowest BCUT2D eigenvalue weighted by Gasteiger charge is -2.38. The van der Waals surface area contributed by atoms with Gasteiger partial charge in [-0.3, -0.25) is 4.79 Å². The van der Waals surface area contributed by atoms with Crippen LogP contribution < -0.4 is 10.1 Å². The number of piperidine rings is 1. The number of amides is 1. The zero-order chi connectivity index (χ0) is 28.7. The number of halogens is 1. The first kappa shape index (κ1) is 30.4. The van der Waals surface area contributed by atoms with Crippen molar-refractivity contribution in [3.8, 4) is 5.75 Å². The molecule has 2 fully saturated rings. The lowest BCUT2D eigenvalue weighted by atomic mass is 9.78. The van der Waals surface area contributed by atoms with E-state index in [0.29, 0.717) is 24.6 Å². The van der Waals surface area contributed by atoms with Crippen LogP contribution in [0.2, 0.25) is 0 Å². The van der Waals surface area contributed by atoms with Gasteiger partial charge in [0.15, 0.2) is 0 Å². The van der Waals surface area contributed by atoms with Crippen molar-refractivity contribution in [3.63, 3.8) is 0 Å². The smallest absolute Gasteiger partial charge is 0.246 e. The Labute approximate surface area is 237 Å². The first-order chi connectivity index (χ1) is 19.2. The van der Waals surface area contributed by atoms with E-state index in [1.807, 2.05) is 12.1 Å². The first-order valence-corrected chi connectivity index (χ1v) is 15.6. The molecule has 1 N–H and O–H groups in total. The van der Waals surface area contributed by atoms with E-state index in [9.17, 15) is 17.6 Å². The number of hydrogen-bond acceptors (Lipinski definition) is 6. The number of methoxy groups -OCH3 is 1. The van der Waals surface area contributed by atoms with Crippen LogP contribution in [0.3, 0.4) is 0 Å². The summed E-state index contributed by atoms with van der Waals surface area (Å²) in [7, 11) is 1.97. The van der Waals surface area contributed by atoms with Crippen LogP contribution in [0.25, 0.3) is 0 Å². The predicted octanol–water partition coefficient (Wildman–Crippen LogP) is 4.37. The van der Waals surface area contributed by atoms with Gasteiger partial charge in [-0.05, 0) is 100 Å². The molecule has 40 heavy (non-hydrogen) atoms. The Balaban J connectivity index is 1.24. The monoisotopic (exact) mass is 575 g/mol. The number of carbonyl (C=O) groups excluding carboxylic acids is 1. The third-order valence-corrected chi connectivity index (χ3v) is 10.1.